The fourth-order valence-corrected chi connectivity index (χ4v) is 2.25. The predicted molar refractivity (Wildman–Crippen MR) is 78.3 cm³/mol. The zero-order chi connectivity index (χ0) is 13.9. The number of rotatable bonds is 3. The monoisotopic (exact) mass is 287 g/mol. The van der Waals surface area contributed by atoms with E-state index in [0.29, 0.717) is 17.4 Å². The summed E-state index contributed by atoms with van der Waals surface area (Å²) in [5.74, 6) is -0.0156. The van der Waals surface area contributed by atoms with Gasteiger partial charge in [0.05, 0.1) is 5.52 Å². The molecule has 1 aromatic carbocycles. The summed E-state index contributed by atoms with van der Waals surface area (Å²) in [6.07, 6.45) is 1.72. The zero-order valence-electron chi connectivity index (χ0n) is 10.5. The fourth-order valence-electron chi connectivity index (χ4n) is 2.03. The Hall–Kier alpha value is -2.20. The Morgan fingerprint density at radius 2 is 2.00 bits per heavy atom. The molecular weight excluding hydrogens is 277 g/mol. The van der Waals surface area contributed by atoms with Gasteiger partial charge in [-0.15, -0.1) is 0 Å². The normalized spacial score (nSPS) is 10.7. The van der Waals surface area contributed by atoms with Crippen molar-refractivity contribution in [2.45, 2.75) is 6.54 Å². The number of benzene rings is 1. The predicted octanol–water partition coefficient (Wildman–Crippen LogP) is 4.03. The number of pyridine rings is 2. The van der Waals surface area contributed by atoms with E-state index in [0.717, 1.165) is 16.5 Å². The Morgan fingerprint density at radius 3 is 2.85 bits per heavy atom. The number of hydrogen-bond donors (Lipinski definition) is 1. The molecule has 5 heteroatoms. The van der Waals surface area contributed by atoms with Crippen LogP contribution < -0.4 is 5.32 Å². The summed E-state index contributed by atoms with van der Waals surface area (Å²) in [5, 5.41) is 4.65. The first kappa shape index (κ1) is 12.8. The minimum atomic E-state index is -0.505. The fraction of sp³-hybridized carbons (Fsp3) is 0.0667. The lowest BCUT2D eigenvalue weighted by Gasteiger charge is -2.09. The topological polar surface area (TPSA) is 37.8 Å². The second-order valence-corrected chi connectivity index (χ2v) is 4.71. The molecule has 0 bridgehead atoms. The summed E-state index contributed by atoms with van der Waals surface area (Å²) in [7, 11) is 0. The van der Waals surface area contributed by atoms with E-state index in [4.69, 9.17) is 11.6 Å². The van der Waals surface area contributed by atoms with Gasteiger partial charge < -0.3 is 5.32 Å². The van der Waals surface area contributed by atoms with Crippen molar-refractivity contribution >= 4 is 28.3 Å². The molecule has 0 atom stereocenters. The van der Waals surface area contributed by atoms with Crippen molar-refractivity contribution in [3.8, 4) is 0 Å². The Bertz CT molecular complexity index is 761. The molecule has 20 heavy (non-hydrogen) atoms. The summed E-state index contributed by atoms with van der Waals surface area (Å²) in [4.78, 5) is 8.11. The van der Waals surface area contributed by atoms with Crippen LogP contribution in [0.4, 0.5) is 10.2 Å². The summed E-state index contributed by atoms with van der Waals surface area (Å²) >= 11 is 6.14. The Balaban J connectivity index is 1.90. The maximum absolute atomic E-state index is 13.0. The first-order valence-electron chi connectivity index (χ1n) is 6.12. The van der Waals surface area contributed by atoms with Crippen LogP contribution in [0.5, 0.6) is 0 Å². The lowest BCUT2D eigenvalue weighted by molar-refractivity contribution is 0.585. The van der Waals surface area contributed by atoms with E-state index < -0.39 is 5.95 Å². The number of aromatic nitrogens is 2. The van der Waals surface area contributed by atoms with Crippen molar-refractivity contribution in [3.63, 3.8) is 0 Å². The van der Waals surface area contributed by atoms with Crippen molar-refractivity contribution in [1.29, 1.82) is 0 Å². The van der Waals surface area contributed by atoms with E-state index in [2.05, 4.69) is 15.3 Å². The number of fused-ring (bicyclic) bond motifs is 1. The molecule has 0 spiro atoms. The SMILES string of the molecule is Fc1cccc(NCc2ccc(Cl)c3cccnc23)n1. The largest absolute Gasteiger partial charge is 0.366 e. The van der Waals surface area contributed by atoms with Gasteiger partial charge in [-0.1, -0.05) is 23.7 Å². The molecule has 100 valence electrons. The average molecular weight is 288 g/mol. The third-order valence-corrected chi connectivity index (χ3v) is 3.30. The van der Waals surface area contributed by atoms with Crippen LogP contribution in [-0.2, 0) is 6.54 Å². The van der Waals surface area contributed by atoms with Crippen LogP contribution in [0.3, 0.4) is 0 Å². The molecule has 0 aliphatic carbocycles. The highest BCUT2D eigenvalue weighted by atomic mass is 35.5. The van der Waals surface area contributed by atoms with Gasteiger partial charge in [-0.2, -0.15) is 4.39 Å². The lowest BCUT2D eigenvalue weighted by atomic mass is 10.1. The third kappa shape index (κ3) is 2.56. The number of nitrogens with one attached hydrogen (secondary N) is 1. The van der Waals surface area contributed by atoms with E-state index in [1.54, 1.807) is 18.3 Å². The van der Waals surface area contributed by atoms with E-state index in [1.807, 2.05) is 24.3 Å². The zero-order valence-corrected chi connectivity index (χ0v) is 11.2. The summed E-state index contributed by atoms with van der Waals surface area (Å²) in [6, 6.07) is 12.2. The van der Waals surface area contributed by atoms with Gasteiger partial charge in [0, 0.05) is 23.2 Å². The second-order valence-electron chi connectivity index (χ2n) is 4.31. The van der Waals surface area contributed by atoms with E-state index in [9.17, 15) is 4.39 Å². The van der Waals surface area contributed by atoms with Crippen molar-refractivity contribution in [3.05, 3.63) is 65.2 Å². The highest BCUT2D eigenvalue weighted by molar-refractivity contribution is 6.35. The number of halogens is 2. The van der Waals surface area contributed by atoms with Gasteiger partial charge >= 0.3 is 0 Å². The number of hydrogen-bond acceptors (Lipinski definition) is 3. The quantitative estimate of drug-likeness (QED) is 0.739. The average Bonchev–Trinajstić information content (AvgIpc) is 2.47. The smallest absolute Gasteiger partial charge is 0.214 e. The minimum absolute atomic E-state index is 0.490. The third-order valence-electron chi connectivity index (χ3n) is 2.98. The van der Waals surface area contributed by atoms with Crippen molar-refractivity contribution < 1.29 is 4.39 Å². The van der Waals surface area contributed by atoms with Crippen molar-refractivity contribution in [2.24, 2.45) is 0 Å². The highest BCUT2D eigenvalue weighted by Crippen LogP contribution is 2.25. The molecule has 0 aliphatic rings. The van der Waals surface area contributed by atoms with Crippen molar-refractivity contribution in [1.82, 2.24) is 9.97 Å². The lowest BCUT2D eigenvalue weighted by Crippen LogP contribution is -2.03. The van der Waals surface area contributed by atoms with Crippen LogP contribution in [0, 0.1) is 5.95 Å². The molecule has 0 unspecified atom stereocenters. The van der Waals surface area contributed by atoms with Crippen LogP contribution in [0.25, 0.3) is 10.9 Å². The molecule has 0 fully saturated rings. The highest BCUT2D eigenvalue weighted by Gasteiger charge is 2.06. The van der Waals surface area contributed by atoms with Gasteiger partial charge in [0.25, 0.3) is 0 Å². The molecule has 0 aliphatic heterocycles. The Kier molecular flexibility index (Phi) is 3.48. The van der Waals surface area contributed by atoms with Gasteiger partial charge in [-0.25, -0.2) is 4.98 Å². The molecule has 0 radical (unpaired) electrons. The summed E-state index contributed by atoms with van der Waals surface area (Å²) in [5.41, 5.74) is 1.82. The second kappa shape index (κ2) is 5.43. The Labute approximate surface area is 120 Å². The van der Waals surface area contributed by atoms with Crippen LogP contribution in [0.2, 0.25) is 5.02 Å². The maximum atomic E-state index is 13.0. The molecule has 0 amide bonds. The first-order valence-corrected chi connectivity index (χ1v) is 6.50. The van der Waals surface area contributed by atoms with E-state index in [-0.39, 0.29) is 0 Å². The molecule has 2 heterocycles. The molecule has 3 rings (SSSR count). The molecule has 3 nitrogen and oxygen atoms in total. The molecule has 1 N–H and O–H groups in total. The van der Waals surface area contributed by atoms with Gasteiger partial charge in [-0.3, -0.25) is 4.98 Å². The molecule has 3 aromatic rings. The van der Waals surface area contributed by atoms with Crippen LogP contribution in [0.15, 0.2) is 48.7 Å². The van der Waals surface area contributed by atoms with Gasteiger partial charge in [0.1, 0.15) is 5.82 Å². The van der Waals surface area contributed by atoms with Crippen LogP contribution >= 0.6 is 11.6 Å². The number of anilines is 1. The molecule has 2 aromatic heterocycles. The summed E-state index contributed by atoms with van der Waals surface area (Å²) < 4.78 is 13.0. The maximum Gasteiger partial charge on any atom is 0.214 e. The van der Waals surface area contributed by atoms with E-state index >= 15 is 0 Å². The van der Waals surface area contributed by atoms with Gasteiger partial charge in [0.15, 0.2) is 0 Å². The van der Waals surface area contributed by atoms with Crippen molar-refractivity contribution in [2.75, 3.05) is 5.32 Å². The molecule has 0 saturated heterocycles. The first-order chi connectivity index (χ1) is 9.74. The van der Waals surface area contributed by atoms with Crippen LogP contribution in [0.1, 0.15) is 5.56 Å². The number of nitrogens with zero attached hydrogens (tertiary/aromatic N) is 2. The van der Waals surface area contributed by atoms with Gasteiger partial charge in [0.2, 0.25) is 5.95 Å². The Morgan fingerprint density at radius 1 is 1.10 bits per heavy atom. The van der Waals surface area contributed by atoms with Crippen LogP contribution in [-0.4, -0.2) is 9.97 Å². The molecule has 0 saturated carbocycles. The standard InChI is InChI=1S/C15H11ClFN3/c16-12-7-6-10(15-11(12)3-2-8-18-15)9-19-14-5-1-4-13(17)20-14/h1-8H,9H2,(H,19,20). The minimum Gasteiger partial charge on any atom is -0.366 e. The summed E-state index contributed by atoms with van der Waals surface area (Å²) in [6.45, 7) is 0.501. The molecular formula is C15H11ClFN3. The van der Waals surface area contributed by atoms with E-state index in [1.165, 1.54) is 6.07 Å². The van der Waals surface area contributed by atoms with Gasteiger partial charge in [-0.05, 0) is 35.9 Å².